The highest BCUT2D eigenvalue weighted by molar-refractivity contribution is 6.74. The standard InChI is InChI=1S/C14H24O4Si/c1-9-7-16-12-10(18-13(15)11(9)12)8-17-19(5,6)14(2,3)4/h10-12H,1,7-8H2,2-6H3/t10-,11-,12-/m1/s1. The minimum Gasteiger partial charge on any atom is -0.457 e. The van der Waals surface area contributed by atoms with Gasteiger partial charge in [-0.05, 0) is 23.7 Å². The van der Waals surface area contributed by atoms with E-state index in [9.17, 15) is 4.79 Å². The Morgan fingerprint density at radius 3 is 2.63 bits per heavy atom. The molecule has 4 nitrogen and oxygen atoms in total. The third-order valence-electron chi connectivity index (χ3n) is 4.53. The Labute approximate surface area is 116 Å². The van der Waals surface area contributed by atoms with Crippen molar-refractivity contribution in [3.63, 3.8) is 0 Å². The number of cyclic esters (lactones) is 1. The zero-order valence-electron chi connectivity index (χ0n) is 12.5. The summed E-state index contributed by atoms with van der Waals surface area (Å²) in [4.78, 5) is 11.8. The van der Waals surface area contributed by atoms with Crippen molar-refractivity contribution in [1.29, 1.82) is 0 Å². The van der Waals surface area contributed by atoms with Crippen LogP contribution in [0.2, 0.25) is 18.1 Å². The molecule has 108 valence electrons. The number of rotatable bonds is 3. The van der Waals surface area contributed by atoms with Crippen molar-refractivity contribution in [3.05, 3.63) is 12.2 Å². The highest BCUT2D eigenvalue weighted by Crippen LogP contribution is 2.39. The molecule has 0 aliphatic carbocycles. The summed E-state index contributed by atoms with van der Waals surface area (Å²) in [6, 6.07) is 0. The normalized spacial score (nSPS) is 31.5. The third kappa shape index (κ3) is 2.64. The molecule has 5 heteroatoms. The summed E-state index contributed by atoms with van der Waals surface area (Å²) in [7, 11) is -1.82. The van der Waals surface area contributed by atoms with Crippen molar-refractivity contribution in [2.75, 3.05) is 13.2 Å². The summed E-state index contributed by atoms with van der Waals surface area (Å²) in [5, 5.41) is 0.148. The van der Waals surface area contributed by atoms with Crippen LogP contribution < -0.4 is 0 Å². The van der Waals surface area contributed by atoms with Crippen molar-refractivity contribution < 1.29 is 18.7 Å². The topological polar surface area (TPSA) is 44.8 Å². The van der Waals surface area contributed by atoms with E-state index < -0.39 is 8.32 Å². The van der Waals surface area contributed by atoms with E-state index in [1.165, 1.54) is 0 Å². The Balaban J connectivity index is 1.98. The first-order chi connectivity index (χ1) is 8.63. The summed E-state index contributed by atoms with van der Waals surface area (Å²) in [5.41, 5.74) is 0.824. The maximum absolute atomic E-state index is 11.8. The van der Waals surface area contributed by atoms with Crippen molar-refractivity contribution in [3.8, 4) is 0 Å². The van der Waals surface area contributed by atoms with E-state index in [0.29, 0.717) is 13.2 Å². The molecule has 0 saturated carbocycles. The van der Waals surface area contributed by atoms with Crippen LogP contribution in [0.5, 0.6) is 0 Å². The second-order valence-corrected chi connectivity index (χ2v) is 11.8. The molecule has 0 aromatic carbocycles. The Morgan fingerprint density at radius 1 is 1.42 bits per heavy atom. The van der Waals surface area contributed by atoms with Gasteiger partial charge in [-0.1, -0.05) is 27.4 Å². The van der Waals surface area contributed by atoms with Gasteiger partial charge in [0.15, 0.2) is 14.4 Å². The molecule has 2 aliphatic rings. The molecule has 19 heavy (non-hydrogen) atoms. The number of fused-ring (bicyclic) bond motifs is 1. The second kappa shape index (κ2) is 4.72. The zero-order chi connectivity index (χ0) is 14.4. The van der Waals surface area contributed by atoms with Gasteiger partial charge in [0, 0.05) is 0 Å². The average Bonchev–Trinajstić information content (AvgIpc) is 2.78. The lowest BCUT2D eigenvalue weighted by Gasteiger charge is -2.37. The van der Waals surface area contributed by atoms with E-state index in [4.69, 9.17) is 13.9 Å². The van der Waals surface area contributed by atoms with Crippen molar-refractivity contribution in [1.82, 2.24) is 0 Å². The number of carbonyl (C=O) groups excluding carboxylic acids is 1. The molecule has 3 atom stereocenters. The Kier molecular flexibility index (Phi) is 3.66. The predicted octanol–water partition coefficient (Wildman–Crippen LogP) is 2.50. The fourth-order valence-electron chi connectivity index (χ4n) is 2.17. The molecule has 0 unspecified atom stereocenters. The summed E-state index contributed by atoms with van der Waals surface area (Å²) >= 11 is 0. The summed E-state index contributed by atoms with van der Waals surface area (Å²) < 4.78 is 17.1. The first kappa shape index (κ1) is 14.7. The molecule has 2 saturated heterocycles. The molecule has 2 rings (SSSR count). The van der Waals surface area contributed by atoms with Crippen LogP contribution in [0.25, 0.3) is 0 Å². The molecule has 0 amide bonds. The minimum absolute atomic E-state index is 0.148. The van der Waals surface area contributed by atoms with Gasteiger partial charge >= 0.3 is 5.97 Å². The van der Waals surface area contributed by atoms with Crippen molar-refractivity contribution in [2.24, 2.45) is 5.92 Å². The zero-order valence-corrected chi connectivity index (χ0v) is 13.5. The van der Waals surface area contributed by atoms with Crippen molar-refractivity contribution in [2.45, 2.75) is 51.1 Å². The largest absolute Gasteiger partial charge is 0.457 e. The molecule has 2 heterocycles. The molecule has 2 fully saturated rings. The van der Waals surface area contributed by atoms with Gasteiger partial charge in [-0.2, -0.15) is 0 Å². The van der Waals surface area contributed by atoms with Crippen LogP contribution in [0.3, 0.4) is 0 Å². The fourth-order valence-corrected chi connectivity index (χ4v) is 3.18. The molecule has 2 aliphatic heterocycles. The van der Waals surface area contributed by atoms with Gasteiger partial charge in [0.25, 0.3) is 0 Å². The third-order valence-corrected chi connectivity index (χ3v) is 9.03. The second-order valence-electron chi connectivity index (χ2n) is 6.96. The number of carbonyl (C=O) groups is 1. The van der Waals surface area contributed by atoms with Crippen LogP contribution in [-0.2, 0) is 18.7 Å². The van der Waals surface area contributed by atoms with Gasteiger partial charge in [0.1, 0.15) is 12.0 Å². The van der Waals surface area contributed by atoms with E-state index in [2.05, 4.69) is 40.4 Å². The smallest absolute Gasteiger partial charge is 0.316 e. The quantitative estimate of drug-likeness (QED) is 0.454. The Morgan fingerprint density at radius 2 is 2.05 bits per heavy atom. The number of esters is 1. The molecule has 0 bridgehead atoms. The van der Waals surface area contributed by atoms with E-state index >= 15 is 0 Å². The molecular weight excluding hydrogens is 260 g/mol. The molecule has 0 spiro atoms. The van der Waals surface area contributed by atoms with Crippen LogP contribution in [0.1, 0.15) is 20.8 Å². The summed E-state index contributed by atoms with van der Waals surface area (Å²) in [6.07, 6.45) is -0.490. The maximum atomic E-state index is 11.8. The van der Waals surface area contributed by atoms with Crippen LogP contribution in [0, 0.1) is 5.92 Å². The lowest BCUT2D eigenvalue weighted by atomic mass is 9.98. The lowest BCUT2D eigenvalue weighted by Crippen LogP contribution is -2.44. The predicted molar refractivity (Wildman–Crippen MR) is 75.4 cm³/mol. The molecular formula is C14H24O4Si. The molecule has 0 radical (unpaired) electrons. The fraction of sp³-hybridized carbons (Fsp3) is 0.786. The van der Waals surface area contributed by atoms with E-state index in [0.717, 1.165) is 5.57 Å². The Bertz CT molecular complexity index is 397. The molecule has 0 N–H and O–H groups in total. The van der Waals surface area contributed by atoms with Crippen molar-refractivity contribution >= 4 is 14.3 Å². The van der Waals surface area contributed by atoms with E-state index in [-0.39, 0.29) is 29.1 Å². The highest BCUT2D eigenvalue weighted by Gasteiger charge is 2.51. The van der Waals surface area contributed by atoms with Gasteiger partial charge in [-0.25, -0.2) is 0 Å². The van der Waals surface area contributed by atoms with Crippen LogP contribution >= 0.6 is 0 Å². The van der Waals surface area contributed by atoms with Gasteiger partial charge in [-0.15, -0.1) is 0 Å². The summed E-state index contributed by atoms with van der Waals surface area (Å²) in [5.74, 6) is -0.496. The lowest BCUT2D eigenvalue weighted by molar-refractivity contribution is -0.145. The monoisotopic (exact) mass is 284 g/mol. The minimum atomic E-state index is -1.82. The maximum Gasteiger partial charge on any atom is 0.316 e. The van der Waals surface area contributed by atoms with Crippen LogP contribution in [0.4, 0.5) is 0 Å². The average molecular weight is 284 g/mol. The molecule has 0 aromatic rings. The Hall–Kier alpha value is -0.653. The van der Waals surface area contributed by atoms with Gasteiger partial charge in [0.2, 0.25) is 0 Å². The van der Waals surface area contributed by atoms with Crippen LogP contribution in [0.15, 0.2) is 12.2 Å². The molecule has 0 aromatic heterocycles. The SMILES string of the molecule is C=C1CO[C@H]2[C@@H]1C(=O)O[C@@H]2CO[Si](C)(C)C(C)(C)C. The van der Waals surface area contributed by atoms with E-state index in [1.807, 2.05) is 0 Å². The first-order valence-corrected chi connectivity index (χ1v) is 9.68. The van der Waals surface area contributed by atoms with Gasteiger partial charge in [0.05, 0.1) is 13.2 Å². The number of hydrogen-bond donors (Lipinski definition) is 0. The van der Waals surface area contributed by atoms with E-state index in [1.54, 1.807) is 0 Å². The number of ether oxygens (including phenoxy) is 2. The number of hydrogen-bond acceptors (Lipinski definition) is 4. The van der Waals surface area contributed by atoms with Gasteiger partial charge < -0.3 is 13.9 Å². The van der Waals surface area contributed by atoms with Crippen LogP contribution in [-0.4, -0.2) is 39.7 Å². The summed E-state index contributed by atoms with van der Waals surface area (Å²) in [6.45, 7) is 15.7. The first-order valence-electron chi connectivity index (χ1n) is 6.77. The van der Waals surface area contributed by atoms with Gasteiger partial charge in [-0.3, -0.25) is 4.79 Å². The highest BCUT2D eigenvalue weighted by atomic mass is 28.4.